The van der Waals surface area contributed by atoms with E-state index in [4.69, 9.17) is 21.7 Å². The van der Waals surface area contributed by atoms with Gasteiger partial charge in [0.15, 0.2) is 0 Å². The van der Waals surface area contributed by atoms with Gasteiger partial charge in [0.2, 0.25) is 11.1 Å². The van der Waals surface area contributed by atoms with Gasteiger partial charge in [0.05, 0.1) is 5.57 Å². The molecular weight excluding hydrogens is 466 g/mol. The maximum Gasteiger partial charge on any atom is 0.255 e. The molecule has 8 heteroatoms. The van der Waals surface area contributed by atoms with E-state index in [-0.39, 0.29) is 5.91 Å². The lowest BCUT2D eigenvalue weighted by Crippen LogP contribution is -2.31. The van der Waals surface area contributed by atoms with Crippen molar-refractivity contribution >= 4 is 40.9 Å². The van der Waals surface area contributed by atoms with Crippen molar-refractivity contribution < 1.29 is 4.79 Å². The maximum atomic E-state index is 13.5. The van der Waals surface area contributed by atoms with Crippen molar-refractivity contribution in [2.75, 3.05) is 10.6 Å². The molecule has 0 aliphatic carbocycles. The Kier molecular flexibility index (Phi) is 6.38. The maximum absolute atomic E-state index is 13.5. The summed E-state index contributed by atoms with van der Waals surface area (Å²) in [5.74, 6) is 1.16. The van der Waals surface area contributed by atoms with E-state index >= 15 is 0 Å². The summed E-state index contributed by atoms with van der Waals surface area (Å²) in [6.07, 6.45) is 0. The van der Waals surface area contributed by atoms with Crippen LogP contribution in [0, 0.1) is 0 Å². The predicted octanol–water partition coefficient (Wildman–Crippen LogP) is 6.15. The zero-order valence-corrected chi connectivity index (χ0v) is 20.0. The number of hydrogen-bond acceptors (Lipinski definition) is 5. The van der Waals surface area contributed by atoms with E-state index in [9.17, 15) is 4.79 Å². The second-order valence-corrected chi connectivity index (χ2v) is 9.25. The number of benzene rings is 3. The number of anilines is 2. The number of aromatic nitrogens is 3. The van der Waals surface area contributed by atoms with Crippen LogP contribution in [0.15, 0.2) is 101 Å². The van der Waals surface area contributed by atoms with Gasteiger partial charge >= 0.3 is 0 Å². The van der Waals surface area contributed by atoms with Gasteiger partial charge in [-0.3, -0.25) is 4.79 Å². The minimum absolute atomic E-state index is 0.198. The molecule has 1 aromatic heterocycles. The summed E-state index contributed by atoms with van der Waals surface area (Å²) in [6.45, 7) is 1.89. The largest absolute Gasteiger partial charge is 0.328 e. The fourth-order valence-electron chi connectivity index (χ4n) is 3.88. The molecule has 1 aliphatic rings. The van der Waals surface area contributed by atoms with Gasteiger partial charge in [-0.15, -0.1) is 5.10 Å². The monoisotopic (exact) mass is 487 g/mol. The Labute approximate surface area is 207 Å². The van der Waals surface area contributed by atoms with Crippen molar-refractivity contribution in [3.05, 3.63) is 112 Å². The van der Waals surface area contributed by atoms with Crippen molar-refractivity contribution in [1.82, 2.24) is 14.8 Å². The van der Waals surface area contributed by atoms with Crippen LogP contribution in [0.25, 0.3) is 0 Å². The lowest BCUT2D eigenvalue weighted by Gasteiger charge is -2.28. The average molecular weight is 488 g/mol. The summed E-state index contributed by atoms with van der Waals surface area (Å²) in [5, 5.41) is 12.3. The van der Waals surface area contributed by atoms with Gasteiger partial charge < -0.3 is 10.6 Å². The molecule has 34 heavy (non-hydrogen) atoms. The van der Waals surface area contributed by atoms with Crippen LogP contribution >= 0.6 is 23.4 Å². The summed E-state index contributed by atoms with van der Waals surface area (Å²) in [7, 11) is 0. The van der Waals surface area contributed by atoms with Gasteiger partial charge in [-0.2, -0.15) is 4.98 Å². The second kappa shape index (κ2) is 9.75. The highest BCUT2D eigenvalue weighted by atomic mass is 35.5. The predicted molar refractivity (Wildman–Crippen MR) is 137 cm³/mol. The first-order chi connectivity index (χ1) is 16.6. The Morgan fingerprint density at radius 1 is 1.03 bits per heavy atom. The summed E-state index contributed by atoms with van der Waals surface area (Å²) >= 11 is 7.70. The summed E-state index contributed by atoms with van der Waals surface area (Å²) in [4.78, 5) is 18.2. The quantitative estimate of drug-likeness (QED) is 0.319. The topological polar surface area (TPSA) is 71.8 Å². The van der Waals surface area contributed by atoms with E-state index in [0.29, 0.717) is 21.7 Å². The minimum atomic E-state index is -0.448. The van der Waals surface area contributed by atoms with Crippen LogP contribution < -0.4 is 10.6 Å². The number of hydrogen-bond donors (Lipinski definition) is 2. The molecule has 1 unspecified atom stereocenters. The van der Waals surface area contributed by atoms with E-state index in [1.807, 2.05) is 79.7 Å². The van der Waals surface area contributed by atoms with Gasteiger partial charge in [0.25, 0.3) is 5.91 Å². The smallest absolute Gasteiger partial charge is 0.255 e. The third-order valence-corrected chi connectivity index (χ3v) is 6.67. The Hall–Kier alpha value is -3.55. The van der Waals surface area contributed by atoms with Crippen molar-refractivity contribution in [2.24, 2.45) is 0 Å². The molecule has 1 aliphatic heterocycles. The molecule has 1 amide bonds. The fraction of sp³-hybridized carbons (Fsp3) is 0.115. The standard InChI is InChI=1S/C26H22ClN5OS/c1-17-22(24(33)29-21-10-6-3-7-11-21)23(19-12-14-20(27)15-13-19)32-25(28-17)30-26(31-32)34-16-18-8-4-2-5-9-18/h2-15,23H,16H2,1H3,(H,29,33)(H,28,30,31). The summed E-state index contributed by atoms with van der Waals surface area (Å²) in [5.41, 5.74) is 4.12. The van der Waals surface area contributed by atoms with Crippen LogP contribution in [-0.2, 0) is 10.5 Å². The molecule has 1 atom stereocenters. The molecule has 0 saturated carbocycles. The van der Waals surface area contributed by atoms with Crippen molar-refractivity contribution in [3.63, 3.8) is 0 Å². The van der Waals surface area contributed by atoms with Crippen LogP contribution in [0.5, 0.6) is 0 Å². The number of fused-ring (bicyclic) bond motifs is 1. The number of carbonyl (C=O) groups is 1. The number of rotatable bonds is 6. The van der Waals surface area contributed by atoms with Crippen LogP contribution in [0.2, 0.25) is 5.02 Å². The van der Waals surface area contributed by atoms with Gasteiger partial charge in [-0.1, -0.05) is 84.0 Å². The Morgan fingerprint density at radius 3 is 2.41 bits per heavy atom. The van der Waals surface area contributed by atoms with E-state index in [1.54, 1.807) is 16.4 Å². The average Bonchev–Trinajstić information content (AvgIpc) is 3.26. The molecule has 3 aromatic carbocycles. The minimum Gasteiger partial charge on any atom is -0.328 e. The third-order valence-electron chi connectivity index (χ3n) is 5.51. The van der Waals surface area contributed by atoms with E-state index in [1.165, 1.54) is 5.56 Å². The molecule has 0 saturated heterocycles. The Balaban J connectivity index is 1.49. The summed E-state index contributed by atoms with van der Waals surface area (Å²) in [6, 6.07) is 26.6. The third kappa shape index (κ3) is 4.71. The first-order valence-electron chi connectivity index (χ1n) is 10.8. The number of thioether (sulfide) groups is 1. The van der Waals surface area contributed by atoms with Crippen LogP contribution in [0.3, 0.4) is 0 Å². The Morgan fingerprint density at radius 2 is 1.71 bits per heavy atom. The molecule has 0 fully saturated rings. The first kappa shape index (κ1) is 22.3. The van der Waals surface area contributed by atoms with E-state index in [2.05, 4.69) is 22.8 Å². The second-order valence-electron chi connectivity index (χ2n) is 7.87. The van der Waals surface area contributed by atoms with Gasteiger partial charge in [0.1, 0.15) is 6.04 Å². The molecular formula is C26H22ClN5OS. The van der Waals surface area contributed by atoms with Gasteiger partial charge in [0, 0.05) is 22.2 Å². The molecule has 0 spiro atoms. The Bertz CT molecular complexity index is 1340. The normalized spacial score (nSPS) is 14.9. The first-order valence-corrected chi connectivity index (χ1v) is 12.2. The van der Waals surface area contributed by atoms with Gasteiger partial charge in [-0.05, 0) is 42.3 Å². The SMILES string of the molecule is CC1=C(C(=O)Nc2ccccc2)C(c2ccc(Cl)cc2)n2nc(SCc3ccccc3)nc2N1. The lowest BCUT2D eigenvalue weighted by atomic mass is 9.95. The number of nitrogens with one attached hydrogen (secondary N) is 2. The number of amides is 1. The molecule has 6 nitrogen and oxygen atoms in total. The molecule has 4 aromatic rings. The zero-order chi connectivity index (χ0) is 23.5. The van der Waals surface area contributed by atoms with Crippen LogP contribution in [-0.4, -0.2) is 20.7 Å². The van der Waals surface area contributed by atoms with Crippen molar-refractivity contribution in [2.45, 2.75) is 23.9 Å². The van der Waals surface area contributed by atoms with Crippen LogP contribution in [0.4, 0.5) is 11.6 Å². The number of carbonyl (C=O) groups excluding carboxylic acids is 1. The van der Waals surface area contributed by atoms with E-state index < -0.39 is 6.04 Å². The highest BCUT2D eigenvalue weighted by Gasteiger charge is 2.34. The highest BCUT2D eigenvalue weighted by Crippen LogP contribution is 2.37. The highest BCUT2D eigenvalue weighted by molar-refractivity contribution is 7.98. The molecule has 170 valence electrons. The molecule has 0 radical (unpaired) electrons. The van der Waals surface area contributed by atoms with Crippen LogP contribution in [0.1, 0.15) is 24.1 Å². The van der Waals surface area contributed by atoms with E-state index in [0.717, 1.165) is 22.7 Å². The number of allylic oxidation sites excluding steroid dienone is 1. The molecule has 0 bridgehead atoms. The lowest BCUT2D eigenvalue weighted by molar-refractivity contribution is -0.113. The van der Waals surface area contributed by atoms with Crippen molar-refractivity contribution in [1.29, 1.82) is 0 Å². The summed E-state index contributed by atoms with van der Waals surface area (Å²) < 4.78 is 1.78. The fourth-order valence-corrected chi connectivity index (χ4v) is 4.79. The molecule has 2 N–H and O–H groups in total. The van der Waals surface area contributed by atoms with Gasteiger partial charge in [-0.25, -0.2) is 4.68 Å². The van der Waals surface area contributed by atoms with Crippen molar-refractivity contribution in [3.8, 4) is 0 Å². The molecule has 2 heterocycles. The number of para-hydroxylation sites is 1. The zero-order valence-electron chi connectivity index (χ0n) is 18.4. The number of nitrogens with zero attached hydrogens (tertiary/aromatic N) is 3. The molecule has 5 rings (SSSR count). The number of halogens is 1.